The first kappa shape index (κ1) is 7.32. The SMILES string of the molecule is O=C1N=CC2=Nc3ccccc3C2=N1. The van der Waals surface area contributed by atoms with E-state index in [1.165, 1.54) is 6.21 Å². The van der Waals surface area contributed by atoms with Crippen LogP contribution in [0.3, 0.4) is 0 Å². The van der Waals surface area contributed by atoms with Crippen molar-refractivity contribution >= 4 is 29.4 Å². The van der Waals surface area contributed by atoms with Crippen molar-refractivity contribution < 1.29 is 4.79 Å². The highest BCUT2D eigenvalue weighted by molar-refractivity contribution is 6.70. The van der Waals surface area contributed by atoms with Crippen molar-refractivity contribution in [3.8, 4) is 0 Å². The van der Waals surface area contributed by atoms with Gasteiger partial charge in [-0.1, -0.05) is 18.2 Å². The number of rotatable bonds is 0. The lowest BCUT2D eigenvalue weighted by atomic mass is 10.1. The average molecular weight is 183 g/mol. The molecule has 2 aliphatic rings. The molecule has 14 heavy (non-hydrogen) atoms. The number of para-hydroxylation sites is 1. The van der Waals surface area contributed by atoms with Crippen LogP contribution in [0.2, 0.25) is 0 Å². The van der Waals surface area contributed by atoms with Crippen LogP contribution in [0.25, 0.3) is 0 Å². The first-order chi connectivity index (χ1) is 6.84. The smallest absolute Gasteiger partial charge is 0.244 e. The number of fused-ring (bicyclic) bond motifs is 3. The summed E-state index contributed by atoms with van der Waals surface area (Å²) in [6.07, 6.45) is 1.46. The van der Waals surface area contributed by atoms with Crippen LogP contribution in [-0.2, 0) is 0 Å². The van der Waals surface area contributed by atoms with Gasteiger partial charge in [-0.2, -0.15) is 9.98 Å². The topological polar surface area (TPSA) is 54.1 Å². The molecule has 0 bridgehead atoms. The zero-order chi connectivity index (χ0) is 9.54. The number of hydrogen-bond donors (Lipinski definition) is 0. The minimum atomic E-state index is -0.462. The van der Waals surface area contributed by atoms with Crippen LogP contribution in [0.5, 0.6) is 0 Å². The molecule has 66 valence electrons. The summed E-state index contributed by atoms with van der Waals surface area (Å²) >= 11 is 0. The predicted molar refractivity (Wildman–Crippen MR) is 54.0 cm³/mol. The standard InChI is InChI=1S/C10H5N3O/c14-10-11-5-8-9(13-10)6-3-1-2-4-7(6)12-8/h1-5H. The van der Waals surface area contributed by atoms with Crippen LogP contribution >= 0.6 is 0 Å². The lowest BCUT2D eigenvalue weighted by Gasteiger charge is -2.01. The molecule has 2 heterocycles. The number of amides is 2. The van der Waals surface area contributed by atoms with Crippen molar-refractivity contribution in [1.82, 2.24) is 0 Å². The molecule has 0 spiro atoms. The summed E-state index contributed by atoms with van der Waals surface area (Å²) in [6.45, 7) is 0. The number of carbonyl (C=O) groups is 1. The Hall–Kier alpha value is -2.10. The van der Waals surface area contributed by atoms with Gasteiger partial charge in [0.2, 0.25) is 0 Å². The molecule has 0 N–H and O–H groups in total. The number of hydrogen-bond acceptors (Lipinski definition) is 2. The van der Waals surface area contributed by atoms with E-state index in [1.54, 1.807) is 0 Å². The number of urea groups is 1. The molecule has 0 saturated carbocycles. The molecular weight excluding hydrogens is 178 g/mol. The Morgan fingerprint density at radius 3 is 2.86 bits per heavy atom. The largest absolute Gasteiger partial charge is 0.367 e. The zero-order valence-electron chi connectivity index (χ0n) is 7.14. The lowest BCUT2D eigenvalue weighted by molar-refractivity contribution is 0.257. The second-order valence-electron chi connectivity index (χ2n) is 3.02. The molecule has 0 atom stereocenters. The van der Waals surface area contributed by atoms with Crippen molar-refractivity contribution in [2.75, 3.05) is 0 Å². The molecule has 0 fully saturated rings. The van der Waals surface area contributed by atoms with E-state index in [1.807, 2.05) is 24.3 Å². The molecule has 0 aliphatic carbocycles. The predicted octanol–water partition coefficient (Wildman–Crippen LogP) is 1.77. The Morgan fingerprint density at radius 1 is 1.07 bits per heavy atom. The first-order valence-corrected chi connectivity index (χ1v) is 4.20. The molecule has 0 aromatic heterocycles. The summed E-state index contributed by atoms with van der Waals surface area (Å²) < 4.78 is 0. The monoisotopic (exact) mass is 183 g/mol. The molecule has 3 rings (SSSR count). The molecule has 4 nitrogen and oxygen atoms in total. The number of benzene rings is 1. The van der Waals surface area contributed by atoms with Gasteiger partial charge in [-0.25, -0.2) is 9.79 Å². The van der Waals surface area contributed by atoms with E-state index in [0.29, 0.717) is 11.4 Å². The lowest BCUT2D eigenvalue weighted by Crippen LogP contribution is -2.18. The Balaban J connectivity index is 2.27. The maximum absolute atomic E-state index is 11.0. The summed E-state index contributed by atoms with van der Waals surface area (Å²) in [4.78, 5) is 22.7. The van der Waals surface area contributed by atoms with Gasteiger partial charge in [0.15, 0.2) is 0 Å². The fourth-order valence-corrected chi connectivity index (χ4v) is 1.54. The molecular formula is C10H5N3O. The molecule has 2 amide bonds. The van der Waals surface area contributed by atoms with E-state index in [9.17, 15) is 4.79 Å². The van der Waals surface area contributed by atoms with Gasteiger partial charge in [0, 0.05) is 5.56 Å². The minimum absolute atomic E-state index is 0.462. The maximum atomic E-state index is 11.0. The second-order valence-corrected chi connectivity index (χ2v) is 3.02. The van der Waals surface area contributed by atoms with E-state index in [2.05, 4.69) is 15.0 Å². The van der Waals surface area contributed by atoms with Crippen LogP contribution in [0.15, 0.2) is 39.2 Å². The Labute approximate surface area is 79.7 Å². The molecule has 4 heteroatoms. The van der Waals surface area contributed by atoms with E-state index < -0.39 is 6.03 Å². The Bertz CT molecular complexity index is 526. The van der Waals surface area contributed by atoms with Crippen LogP contribution in [-0.4, -0.2) is 23.7 Å². The van der Waals surface area contributed by atoms with Gasteiger partial charge in [-0.3, -0.25) is 0 Å². The van der Waals surface area contributed by atoms with Gasteiger partial charge in [-0.05, 0) is 6.07 Å². The Kier molecular flexibility index (Phi) is 1.28. The van der Waals surface area contributed by atoms with Gasteiger partial charge in [0.05, 0.1) is 11.9 Å². The van der Waals surface area contributed by atoms with Crippen LogP contribution in [0, 0.1) is 0 Å². The normalized spacial score (nSPS) is 17.3. The van der Waals surface area contributed by atoms with Crippen LogP contribution < -0.4 is 0 Å². The second kappa shape index (κ2) is 2.45. The highest BCUT2D eigenvalue weighted by atomic mass is 16.2. The highest BCUT2D eigenvalue weighted by Crippen LogP contribution is 2.27. The van der Waals surface area contributed by atoms with E-state index in [4.69, 9.17) is 0 Å². The van der Waals surface area contributed by atoms with E-state index in [0.717, 1.165) is 11.3 Å². The summed E-state index contributed by atoms with van der Waals surface area (Å²) in [6, 6.07) is 7.13. The molecule has 1 aromatic rings. The third-order valence-electron chi connectivity index (χ3n) is 2.15. The summed E-state index contributed by atoms with van der Waals surface area (Å²) in [7, 11) is 0. The van der Waals surface area contributed by atoms with E-state index in [-0.39, 0.29) is 0 Å². The van der Waals surface area contributed by atoms with Crippen molar-refractivity contribution in [2.24, 2.45) is 15.0 Å². The molecule has 0 unspecified atom stereocenters. The third-order valence-corrected chi connectivity index (χ3v) is 2.15. The highest BCUT2D eigenvalue weighted by Gasteiger charge is 2.24. The average Bonchev–Trinajstić information content (AvgIpc) is 2.56. The number of nitrogens with zero attached hydrogens (tertiary/aromatic N) is 3. The molecule has 2 aliphatic heterocycles. The van der Waals surface area contributed by atoms with Gasteiger partial charge < -0.3 is 0 Å². The summed E-state index contributed by atoms with van der Waals surface area (Å²) in [5.41, 5.74) is 3.07. The Morgan fingerprint density at radius 2 is 1.93 bits per heavy atom. The maximum Gasteiger partial charge on any atom is 0.367 e. The molecule has 0 saturated heterocycles. The van der Waals surface area contributed by atoms with Gasteiger partial charge in [0.25, 0.3) is 0 Å². The van der Waals surface area contributed by atoms with Gasteiger partial charge in [0.1, 0.15) is 11.4 Å². The number of aliphatic imine (C=N–C) groups is 3. The zero-order valence-corrected chi connectivity index (χ0v) is 7.14. The summed E-state index contributed by atoms with van der Waals surface area (Å²) in [5, 5.41) is 0. The van der Waals surface area contributed by atoms with Crippen LogP contribution in [0.1, 0.15) is 5.56 Å². The van der Waals surface area contributed by atoms with E-state index >= 15 is 0 Å². The fraction of sp³-hybridized carbons (Fsp3) is 0. The number of carbonyl (C=O) groups excluding carboxylic acids is 1. The molecule has 0 radical (unpaired) electrons. The third kappa shape index (κ3) is 0.877. The molecule has 1 aromatic carbocycles. The van der Waals surface area contributed by atoms with Gasteiger partial charge >= 0.3 is 6.03 Å². The first-order valence-electron chi connectivity index (χ1n) is 4.20. The van der Waals surface area contributed by atoms with Crippen LogP contribution in [0.4, 0.5) is 10.5 Å². The van der Waals surface area contributed by atoms with Crippen molar-refractivity contribution in [2.45, 2.75) is 0 Å². The quantitative estimate of drug-likeness (QED) is 0.604. The van der Waals surface area contributed by atoms with Crippen molar-refractivity contribution in [3.05, 3.63) is 29.8 Å². The summed E-state index contributed by atoms with van der Waals surface area (Å²) in [5.74, 6) is 0. The fourth-order valence-electron chi connectivity index (χ4n) is 1.54. The van der Waals surface area contributed by atoms with Gasteiger partial charge in [-0.15, -0.1) is 0 Å². The minimum Gasteiger partial charge on any atom is -0.244 e. The van der Waals surface area contributed by atoms with Crippen molar-refractivity contribution in [1.29, 1.82) is 0 Å². The van der Waals surface area contributed by atoms with Crippen molar-refractivity contribution in [3.63, 3.8) is 0 Å².